The van der Waals surface area contributed by atoms with E-state index in [0.29, 0.717) is 15.2 Å². The molecule has 20 heavy (non-hydrogen) atoms. The van der Waals surface area contributed by atoms with Gasteiger partial charge < -0.3 is 10.5 Å². The summed E-state index contributed by atoms with van der Waals surface area (Å²) in [6.45, 7) is 1.84. The maximum absolute atomic E-state index is 13.1. The standard InChI is InChI=1S/C15H14BrClFNO/c1-9(19)15(11-4-2-3-5-13(11)17)20-14-7-6-10(18)8-12(14)16/h2-9,15H,19H2,1H3. The fourth-order valence-electron chi connectivity index (χ4n) is 1.87. The second kappa shape index (κ2) is 6.57. The summed E-state index contributed by atoms with van der Waals surface area (Å²) < 4.78 is 19.5. The van der Waals surface area contributed by atoms with Crippen molar-refractivity contribution in [3.63, 3.8) is 0 Å². The van der Waals surface area contributed by atoms with E-state index in [0.717, 1.165) is 5.56 Å². The molecule has 0 amide bonds. The van der Waals surface area contributed by atoms with Crippen LogP contribution < -0.4 is 10.5 Å². The number of benzene rings is 2. The molecule has 2 unspecified atom stereocenters. The zero-order valence-electron chi connectivity index (χ0n) is 10.8. The van der Waals surface area contributed by atoms with E-state index in [-0.39, 0.29) is 11.9 Å². The van der Waals surface area contributed by atoms with Gasteiger partial charge in [0.1, 0.15) is 17.7 Å². The lowest BCUT2D eigenvalue weighted by atomic mass is 10.0. The van der Waals surface area contributed by atoms with Crippen molar-refractivity contribution in [3.8, 4) is 5.75 Å². The van der Waals surface area contributed by atoms with Crippen LogP contribution in [-0.4, -0.2) is 6.04 Å². The largest absolute Gasteiger partial charge is 0.483 e. The molecule has 0 aromatic heterocycles. The van der Waals surface area contributed by atoms with Gasteiger partial charge in [0.25, 0.3) is 0 Å². The van der Waals surface area contributed by atoms with E-state index in [2.05, 4.69) is 15.9 Å². The molecule has 2 N–H and O–H groups in total. The summed E-state index contributed by atoms with van der Waals surface area (Å²) in [5.41, 5.74) is 6.80. The maximum atomic E-state index is 13.1. The van der Waals surface area contributed by atoms with Crippen LogP contribution >= 0.6 is 27.5 Å². The van der Waals surface area contributed by atoms with Crippen LogP contribution in [0.4, 0.5) is 4.39 Å². The topological polar surface area (TPSA) is 35.2 Å². The van der Waals surface area contributed by atoms with Gasteiger partial charge in [0, 0.05) is 16.6 Å². The SMILES string of the molecule is CC(N)C(Oc1ccc(F)cc1Br)c1ccccc1Cl. The van der Waals surface area contributed by atoms with Crippen molar-refractivity contribution in [3.05, 3.63) is 63.3 Å². The molecular formula is C15H14BrClFNO. The summed E-state index contributed by atoms with van der Waals surface area (Å²) in [5.74, 6) is 0.188. The molecule has 2 aromatic rings. The minimum atomic E-state index is -0.412. The molecule has 5 heteroatoms. The van der Waals surface area contributed by atoms with E-state index in [1.165, 1.54) is 12.1 Å². The van der Waals surface area contributed by atoms with Crippen molar-refractivity contribution in [1.29, 1.82) is 0 Å². The second-order valence-electron chi connectivity index (χ2n) is 4.49. The average Bonchev–Trinajstić information content (AvgIpc) is 2.39. The first-order chi connectivity index (χ1) is 9.49. The number of hydrogen-bond donors (Lipinski definition) is 1. The van der Waals surface area contributed by atoms with Gasteiger partial charge >= 0.3 is 0 Å². The molecule has 0 aliphatic rings. The fraction of sp³-hybridized carbons (Fsp3) is 0.200. The van der Waals surface area contributed by atoms with E-state index in [1.54, 1.807) is 12.1 Å². The van der Waals surface area contributed by atoms with Crippen LogP contribution in [0.5, 0.6) is 5.75 Å². The Hall–Kier alpha value is -1.10. The van der Waals surface area contributed by atoms with Gasteiger partial charge in [-0.15, -0.1) is 0 Å². The maximum Gasteiger partial charge on any atom is 0.140 e. The van der Waals surface area contributed by atoms with Crippen molar-refractivity contribution >= 4 is 27.5 Å². The lowest BCUT2D eigenvalue weighted by molar-refractivity contribution is 0.179. The minimum Gasteiger partial charge on any atom is -0.483 e. The van der Waals surface area contributed by atoms with E-state index < -0.39 is 6.10 Å². The van der Waals surface area contributed by atoms with Gasteiger partial charge in [-0.2, -0.15) is 0 Å². The lowest BCUT2D eigenvalue weighted by Gasteiger charge is -2.24. The zero-order valence-corrected chi connectivity index (χ0v) is 13.2. The third-order valence-corrected chi connectivity index (χ3v) is 3.80. The first-order valence-corrected chi connectivity index (χ1v) is 7.28. The number of hydrogen-bond acceptors (Lipinski definition) is 2. The van der Waals surface area contributed by atoms with Crippen LogP contribution in [0.15, 0.2) is 46.9 Å². The third-order valence-electron chi connectivity index (χ3n) is 2.84. The molecule has 2 atom stereocenters. The van der Waals surface area contributed by atoms with Crippen molar-refractivity contribution in [2.24, 2.45) is 5.73 Å². The van der Waals surface area contributed by atoms with Crippen LogP contribution in [0, 0.1) is 5.82 Å². The molecule has 106 valence electrons. The highest BCUT2D eigenvalue weighted by Gasteiger charge is 2.21. The number of rotatable bonds is 4. The van der Waals surface area contributed by atoms with Crippen LogP contribution in [0.2, 0.25) is 5.02 Å². The third kappa shape index (κ3) is 3.51. The lowest BCUT2D eigenvalue weighted by Crippen LogP contribution is -2.29. The molecule has 2 rings (SSSR count). The smallest absolute Gasteiger partial charge is 0.140 e. The van der Waals surface area contributed by atoms with Gasteiger partial charge in [-0.25, -0.2) is 4.39 Å². The van der Waals surface area contributed by atoms with Gasteiger partial charge in [0.2, 0.25) is 0 Å². The summed E-state index contributed by atoms with van der Waals surface area (Å²) >= 11 is 9.46. The molecule has 2 nitrogen and oxygen atoms in total. The zero-order chi connectivity index (χ0) is 14.7. The predicted octanol–water partition coefficient (Wildman–Crippen LogP) is 4.71. The van der Waals surface area contributed by atoms with E-state index in [1.807, 2.05) is 25.1 Å². The minimum absolute atomic E-state index is 0.271. The summed E-state index contributed by atoms with van der Waals surface area (Å²) in [5, 5.41) is 0.591. The van der Waals surface area contributed by atoms with E-state index >= 15 is 0 Å². The van der Waals surface area contributed by atoms with Crippen molar-refractivity contribution in [1.82, 2.24) is 0 Å². The van der Waals surface area contributed by atoms with Crippen LogP contribution in [0.1, 0.15) is 18.6 Å². The van der Waals surface area contributed by atoms with Gasteiger partial charge in [-0.1, -0.05) is 29.8 Å². The predicted molar refractivity (Wildman–Crippen MR) is 82.6 cm³/mol. The van der Waals surface area contributed by atoms with E-state index in [4.69, 9.17) is 22.1 Å². The molecular weight excluding hydrogens is 345 g/mol. The summed E-state index contributed by atoms with van der Waals surface area (Å²) in [6.07, 6.45) is -0.412. The van der Waals surface area contributed by atoms with Crippen molar-refractivity contribution in [2.75, 3.05) is 0 Å². The first kappa shape index (κ1) is 15.3. The van der Waals surface area contributed by atoms with Crippen LogP contribution in [-0.2, 0) is 0 Å². The Kier molecular flexibility index (Phi) is 5.02. The van der Waals surface area contributed by atoms with Crippen molar-refractivity contribution in [2.45, 2.75) is 19.1 Å². The molecule has 0 aliphatic heterocycles. The molecule has 0 fully saturated rings. The Balaban J connectivity index is 2.33. The quantitative estimate of drug-likeness (QED) is 0.859. The molecule has 0 aliphatic carbocycles. The summed E-state index contributed by atoms with van der Waals surface area (Å²) in [7, 11) is 0. The van der Waals surface area contributed by atoms with E-state index in [9.17, 15) is 4.39 Å². The van der Waals surface area contributed by atoms with Gasteiger partial charge in [-0.05, 0) is 47.1 Å². The fourth-order valence-corrected chi connectivity index (χ4v) is 2.56. The normalized spacial score (nSPS) is 13.8. The summed E-state index contributed by atoms with van der Waals surface area (Å²) in [6, 6.07) is 11.4. The first-order valence-electron chi connectivity index (χ1n) is 6.10. The molecule has 0 heterocycles. The molecule has 2 aromatic carbocycles. The second-order valence-corrected chi connectivity index (χ2v) is 5.76. The van der Waals surface area contributed by atoms with Gasteiger partial charge in [0.05, 0.1) is 4.47 Å². The monoisotopic (exact) mass is 357 g/mol. The molecule has 0 bridgehead atoms. The molecule has 0 saturated heterocycles. The number of halogens is 3. The Morgan fingerprint density at radius 1 is 1.25 bits per heavy atom. The number of nitrogens with two attached hydrogens (primary N) is 1. The van der Waals surface area contributed by atoms with Crippen LogP contribution in [0.3, 0.4) is 0 Å². The van der Waals surface area contributed by atoms with Crippen molar-refractivity contribution < 1.29 is 9.13 Å². The summed E-state index contributed by atoms with van der Waals surface area (Å²) in [4.78, 5) is 0. The number of ether oxygens (including phenoxy) is 1. The Bertz CT molecular complexity index is 606. The Morgan fingerprint density at radius 2 is 1.95 bits per heavy atom. The highest BCUT2D eigenvalue weighted by molar-refractivity contribution is 9.10. The van der Waals surface area contributed by atoms with Gasteiger partial charge in [0.15, 0.2) is 0 Å². The van der Waals surface area contributed by atoms with Crippen LogP contribution in [0.25, 0.3) is 0 Å². The molecule has 0 radical (unpaired) electrons. The Labute approximate surface area is 130 Å². The molecule has 0 saturated carbocycles. The Morgan fingerprint density at radius 3 is 2.55 bits per heavy atom. The van der Waals surface area contributed by atoms with Gasteiger partial charge in [-0.3, -0.25) is 0 Å². The highest BCUT2D eigenvalue weighted by Crippen LogP contribution is 2.33. The average molecular weight is 359 g/mol. The molecule has 0 spiro atoms. The highest BCUT2D eigenvalue weighted by atomic mass is 79.9.